The molecule has 0 aliphatic carbocycles. The van der Waals surface area contributed by atoms with E-state index in [1.807, 2.05) is 30.3 Å². The van der Waals surface area contributed by atoms with Gasteiger partial charge in [-0.2, -0.15) is 0 Å². The number of thiazole rings is 1. The molecule has 0 radical (unpaired) electrons. The zero-order chi connectivity index (χ0) is 17.5. The van der Waals surface area contributed by atoms with Crippen molar-refractivity contribution in [2.45, 2.75) is 12.8 Å². The Balaban J connectivity index is 1.35. The van der Waals surface area contributed by atoms with Gasteiger partial charge < -0.3 is 10.2 Å². The van der Waals surface area contributed by atoms with Crippen LogP contribution in [-0.2, 0) is 0 Å². The van der Waals surface area contributed by atoms with Gasteiger partial charge in [-0.1, -0.05) is 12.1 Å². The number of rotatable bonds is 2. The standard InChI is InChI=1S/C20H21N3OS2/c24-20(23-9-7-13-11-21-12-14(13)8-10-23)18-6-5-17(25-18)19-22-15-3-1-2-4-16(15)26-19/h1-6,13-14,21H,7-12H2/t13-,14+. The van der Waals surface area contributed by atoms with Crippen molar-refractivity contribution in [3.05, 3.63) is 41.3 Å². The lowest BCUT2D eigenvalue weighted by Gasteiger charge is -2.20. The summed E-state index contributed by atoms with van der Waals surface area (Å²) in [5.74, 6) is 1.68. The fraction of sp³-hybridized carbons (Fsp3) is 0.400. The van der Waals surface area contributed by atoms with Gasteiger partial charge in [-0.25, -0.2) is 4.98 Å². The lowest BCUT2D eigenvalue weighted by Crippen LogP contribution is -2.32. The van der Waals surface area contributed by atoms with Gasteiger partial charge in [-0.3, -0.25) is 4.79 Å². The highest BCUT2D eigenvalue weighted by Crippen LogP contribution is 2.35. The first-order valence-corrected chi connectivity index (χ1v) is 10.9. The van der Waals surface area contributed by atoms with Crippen LogP contribution in [0.5, 0.6) is 0 Å². The molecule has 2 fully saturated rings. The molecule has 3 aromatic rings. The van der Waals surface area contributed by atoms with E-state index < -0.39 is 0 Å². The number of hydrogen-bond acceptors (Lipinski definition) is 5. The molecular formula is C20H21N3OS2. The van der Waals surface area contributed by atoms with E-state index in [0.717, 1.165) is 71.1 Å². The van der Waals surface area contributed by atoms with Gasteiger partial charge in [-0.05, 0) is 62.0 Å². The molecule has 2 aliphatic rings. The van der Waals surface area contributed by atoms with Crippen LogP contribution in [-0.4, -0.2) is 42.0 Å². The topological polar surface area (TPSA) is 45.2 Å². The van der Waals surface area contributed by atoms with E-state index in [1.54, 1.807) is 22.7 Å². The van der Waals surface area contributed by atoms with Gasteiger partial charge in [0.15, 0.2) is 0 Å². The molecule has 2 atom stereocenters. The normalized spacial score (nSPS) is 23.2. The monoisotopic (exact) mass is 383 g/mol. The van der Waals surface area contributed by atoms with Crippen molar-refractivity contribution >= 4 is 38.8 Å². The van der Waals surface area contributed by atoms with Crippen LogP contribution in [0.2, 0.25) is 0 Å². The van der Waals surface area contributed by atoms with Crippen molar-refractivity contribution in [2.75, 3.05) is 26.2 Å². The summed E-state index contributed by atoms with van der Waals surface area (Å²) >= 11 is 3.27. The summed E-state index contributed by atoms with van der Waals surface area (Å²) in [6.07, 6.45) is 2.25. The number of benzene rings is 1. The maximum Gasteiger partial charge on any atom is 0.263 e. The highest BCUT2D eigenvalue weighted by Gasteiger charge is 2.32. The zero-order valence-electron chi connectivity index (χ0n) is 14.5. The first-order valence-electron chi connectivity index (χ1n) is 9.24. The molecule has 1 aromatic carbocycles. The van der Waals surface area contributed by atoms with E-state index in [4.69, 9.17) is 4.98 Å². The van der Waals surface area contributed by atoms with E-state index in [0.29, 0.717) is 0 Å². The Hall–Kier alpha value is -1.76. The molecule has 1 N–H and O–H groups in total. The molecule has 2 aliphatic heterocycles. The number of aromatic nitrogens is 1. The third-order valence-corrected chi connectivity index (χ3v) is 7.91. The van der Waals surface area contributed by atoms with Crippen molar-refractivity contribution in [1.82, 2.24) is 15.2 Å². The van der Waals surface area contributed by atoms with E-state index in [1.165, 1.54) is 4.70 Å². The molecular weight excluding hydrogens is 362 g/mol. The molecule has 5 rings (SSSR count). The number of fused-ring (bicyclic) bond motifs is 2. The largest absolute Gasteiger partial charge is 0.338 e. The average Bonchev–Trinajstić information content (AvgIpc) is 3.38. The quantitative estimate of drug-likeness (QED) is 0.725. The molecule has 0 spiro atoms. The summed E-state index contributed by atoms with van der Waals surface area (Å²) in [5.41, 5.74) is 1.03. The predicted molar refractivity (Wildman–Crippen MR) is 108 cm³/mol. The molecule has 26 heavy (non-hydrogen) atoms. The molecule has 0 unspecified atom stereocenters. The fourth-order valence-corrected chi connectivity index (χ4v) is 6.12. The SMILES string of the molecule is O=C(c1ccc(-c2nc3ccccc3s2)s1)N1CC[C@@H]2CNC[C@@H]2CC1. The summed E-state index contributed by atoms with van der Waals surface area (Å²) in [5, 5.41) is 4.50. The maximum atomic E-state index is 13.0. The third-order valence-electron chi connectivity index (χ3n) is 5.63. The lowest BCUT2D eigenvalue weighted by molar-refractivity contribution is 0.0763. The van der Waals surface area contributed by atoms with Crippen molar-refractivity contribution < 1.29 is 4.79 Å². The molecule has 2 aromatic heterocycles. The molecule has 4 heterocycles. The van der Waals surface area contributed by atoms with Crippen LogP contribution < -0.4 is 5.32 Å². The van der Waals surface area contributed by atoms with Gasteiger partial charge in [0.05, 0.1) is 20.0 Å². The first-order chi connectivity index (χ1) is 12.8. The maximum absolute atomic E-state index is 13.0. The average molecular weight is 384 g/mol. The van der Waals surface area contributed by atoms with Crippen molar-refractivity contribution in [3.8, 4) is 9.88 Å². The van der Waals surface area contributed by atoms with Gasteiger partial charge in [-0.15, -0.1) is 22.7 Å². The van der Waals surface area contributed by atoms with Crippen molar-refractivity contribution in [2.24, 2.45) is 11.8 Å². The summed E-state index contributed by atoms with van der Waals surface area (Å²) in [6, 6.07) is 12.2. The molecule has 4 nitrogen and oxygen atoms in total. The number of carbonyl (C=O) groups is 1. The highest BCUT2D eigenvalue weighted by molar-refractivity contribution is 7.26. The molecule has 134 valence electrons. The number of likely N-dealkylation sites (tertiary alicyclic amines) is 1. The van der Waals surface area contributed by atoms with E-state index in [9.17, 15) is 4.79 Å². The van der Waals surface area contributed by atoms with Gasteiger partial charge in [0.25, 0.3) is 5.91 Å². The third kappa shape index (κ3) is 2.96. The Morgan fingerprint density at radius 1 is 1.04 bits per heavy atom. The predicted octanol–water partition coefficient (Wildman–Crippen LogP) is 4.10. The Morgan fingerprint density at radius 3 is 2.58 bits per heavy atom. The Labute approximate surface area is 160 Å². The number of nitrogens with one attached hydrogen (secondary N) is 1. The highest BCUT2D eigenvalue weighted by atomic mass is 32.1. The first kappa shape index (κ1) is 16.4. The van der Waals surface area contributed by atoms with Crippen LogP contribution in [0.1, 0.15) is 22.5 Å². The molecule has 0 bridgehead atoms. The van der Waals surface area contributed by atoms with Crippen LogP contribution in [0.4, 0.5) is 0 Å². The van der Waals surface area contributed by atoms with Crippen LogP contribution in [0.3, 0.4) is 0 Å². The molecule has 0 saturated carbocycles. The smallest absolute Gasteiger partial charge is 0.263 e. The van der Waals surface area contributed by atoms with Crippen LogP contribution in [0.15, 0.2) is 36.4 Å². The Kier molecular flexibility index (Phi) is 4.27. The Morgan fingerprint density at radius 2 is 1.81 bits per heavy atom. The van der Waals surface area contributed by atoms with Gasteiger partial charge in [0.2, 0.25) is 0 Å². The minimum Gasteiger partial charge on any atom is -0.338 e. The summed E-state index contributed by atoms with van der Waals surface area (Å²) < 4.78 is 1.19. The van der Waals surface area contributed by atoms with Gasteiger partial charge in [0, 0.05) is 13.1 Å². The summed E-state index contributed by atoms with van der Waals surface area (Å²) in [6.45, 7) is 4.01. The number of nitrogens with zero attached hydrogens (tertiary/aromatic N) is 2. The number of amides is 1. The van der Waals surface area contributed by atoms with E-state index in [2.05, 4.69) is 16.3 Å². The molecule has 6 heteroatoms. The fourth-order valence-electron chi connectivity index (χ4n) is 4.12. The second-order valence-corrected chi connectivity index (χ2v) is 9.31. The van der Waals surface area contributed by atoms with Crippen LogP contribution >= 0.6 is 22.7 Å². The van der Waals surface area contributed by atoms with Gasteiger partial charge >= 0.3 is 0 Å². The molecule has 1 amide bonds. The van der Waals surface area contributed by atoms with Crippen molar-refractivity contribution in [3.63, 3.8) is 0 Å². The van der Waals surface area contributed by atoms with Crippen molar-refractivity contribution in [1.29, 1.82) is 0 Å². The van der Waals surface area contributed by atoms with Crippen LogP contribution in [0.25, 0.3) is 20.1 Å². The number of para-hydroxylation sites is 1. The number of thiophene rings is 1. The van der Waals surface area contributed by atoms with E-state index in [-0.39, 0.29) is 5.91 Å². The zero-order valence-corrected chi connectivity index (χ0v) is 16.1. The van der Waals surface area contributed by atoms with Gasteiger partial charge in [0.1, 0.15) is 5.01 Å². The second kappa shape index (κ2) is 6.76. The summed E-state index contributed by atoms with van der Waals surface area (Å²) in [7, 11) is 0. The summed E-state index contributed by atoms with van der Waals surface area (Å²) in [4.78, 5) is 21.7. The minimum atomic E-state index is 0.190. The van der Waals surface area contributed by atoms with Crippen LogP contribution in [0, 0.1) is 11.8 Å². The number of carbonyl (C=O) groups excluding carboxylic acids is 1. The lowest BCUT2D eigenvalue weighted by atomic mass is 9.92. The number of hydrogen-bond donors (Lipinski definition) is 1. The second-order valence-electron chi connectivity index (χ2n) is 7.20. The van der Waals surface area contributed by atoms with E-state index >= 15 is 0 Å². The Bertz CT molecular complexity index is 900. The minimum absolute atomic E-state index is 0.190. The molecule has 2 saturated heterocycles.